The van der Waals surface area contributed by atoms with Crippen molar-refractivity contribution < 1.29 is 0 Å². The predicted octanol–water partition coefficient (Wildman–Crippen LogP) is 1.48. The van der Waals surface area contributed by atoms with Crippen molar-refractivity contribution in [2.24, 2.45) is 5.92 Å². The van der Waals surface area contributed by atoms with Crippen LogP contribution in [-0.4, -0.2) is 11.5 Å². The molecule has 1 N–H and O–H groups in total. The number of nitrogens with zero attached hydrogens (tertiary/aromatic N) is 1. The third-order valence-electron chi connectivity index (χ3n) is 0.961. The van der Waals surface area contributed by atoms with Gasteiger partial charge in [-0.2, -0.15) is 5.26 Å². The quantitative estimate of drug-likeness (QED) is 0.416. The second-order valence-electron chi connectivity index (χ2n) is 2.18. The Morgan fingerprint density at radius 2 is 2.22 bits per heavy atom. The summed E-state index contributed by atoms with van der Waals surface area (Å²) in [7, 11) is 0. The third kappa shape index (κ3) is 4.43. The zero-order valence-corrected chi connectivity index (χ0v) is 7.27. The van der Waals surface area contributed by atoms with Crippen molar-refractivity contribution in [1.29, 1.82) is 5.26 Å². The van der Waals surface area contributed by atoms with Crippen molar-refractivity contribution in [3.63, 3.8) is 0 Å². The zero-order valence-electron chi connectivity index (χ0n) is 5.69. The van der Waals surface area contributed by atoms with Crippen molar-refractivity contribution >= 4 is 15.9 Å². The normalized spacial score (nSPS) is 13.2. The Labute approximate surface area is 64.4 Å². The SMILES string of the molecule is CC(C)[C@H](Br)NCC#N. The van der Waals surface area contributed by atoms with Crippen LogP contribution >= 0.6 is 15.9 Å². The number of hydrogen-bond acceptors (Lipinski definition) is 2. The molecule has 1 atom stereocenters. The molecule has 2 nitrogen and oxygen atoms in total. The van der Waals surface area contributed by atoms with Gasteiger partial charge in [0.1, 0.15) is 0 Å². The summed E-state index contributed by atoms with van der Waals surface area (Å²) < 4.78 is 0. The Kier molecular flexibility index (Phi) is 4.74. The Morgan fingerprint density at radius 1 is 1.67 bits per heavy atom. The molecule has 0 unspecified atom stereocenters. The maximum absolute atomic E-state index is 8.16. The van der Waals surface area contributed by atoms with Crippen LogP contribution in [0.3, 0.4) is 0 Å². The van der Waals surface area contributed by atoms with E-state index in [0.717, 1.165) is 0 Å². The maximum Gasteiger partial charge on any atom is 0.0849 e. The zero-order chi connectivity index (χ0) is 7.28. The Hall–Kier alpha value is -0.0700. The predicted molar refractivity (Wildman–Crippen MR) is 41.2 cm³/mol. The van der Waals surface area contributed by atoms with E-state index in [9.17, 15) is 0 Å². The molecule has 52 valence electrons. The van der Waals surface area contributed by atoms with E-state index >= 15 is 0 Å². The first kappa shape index (κ1) is 8.93. The lowest BCUT2D eigenvalue weighted by atomic mass is 10.2. The van der Waals surface area contributed by atoms with Crippen molar-refractivity contribution in [2.75, 3.05) is 6.54 Å². The van der Waals surface area contributed by atoms with Crippen LogP contribution in [0.25, 0.3) is 0 Å². The molecule has 9 heavy (non-hydrogen) atoms. The van der Waals surface area contributed by atoms with Gasteiger partial charge in [0.15, 0.2) is 0 Å². The van der Waals surface area contributed by atoms with Crippen molar-refractivity contribution in [1.82, 2.24) is 5.32 Å². The van der Waals surface area contributed by atoms with Gasteiger partial charge in [0.05, 0.1) is 17.6 Å². The highest BCUT2D eigenvalue weighted by atomic mass is 79.9. The highest BCUT2D eigenvalue weighted by Crippen LogP contribution is 2.06. The van der Waals surface area contributed by atoms with Gasteiger partial charge < -0.3 is 0 Å². The summed E-state index contributed by atoms with van der Waals surface area (Å²) in [5.41, 5.74) is 0. The van der Waals surface area contributed by atoms with Crippen molar-refractivity contribution in [3.8, 4) is 6.07 Å². The van der Waals surface area contributed by atoms with Crippen LogP contribution in [0, 0.1) is 17.2 Å². The first-order chi connectivity index (χ1) is 4.18. The number of rotatable bonds is 3. The smallest absolute Gasteiger partial charge is 0.0849 e. The average molecular weight is 191 g/mol. The maximum atomic E-state index is 8.16. The summed E-state index contributed by atoms with van der Waals surface area (Å²) in [6.07, 6.45) is 0. The van der Waals surface area contributed by atoms with Gasteiger partial charge in [-0.25, -0.2) is 0 Å². The number of nitriles is 1. The van der Waals surface area contributed by atoms with Gasteiger partial charge in [-0.1, -0.05) is 29.8 Å². The molecule has 0 amide bonds. The molecular weight excluding hydrogens is 180 g/mol. The second-order valence-corrected chi connectivity index (χ2v) is 3.17. The lowest BCUT2D eigenvalue weighted by Crippen LogP contribution is -2.28. The number of halogens is 1. The molecule has 0 saturated carbocycles. The van der Waals surface area contributed by atoms with Crippen LogP contribution in [-0.2, 0) is 0 Å². The van der Waals surface area contributed by atoms with Gasteiger partial charge in [-0.05, 0) is 5.92 Å². The molecule has 0 aromatic carbocycles. The molecular formula is C6H11BrN2. The highest BCUT2D eigenvalue weighted by Gasteiger charge is 2.05. The first-order valence-corrected chi connectivity index (χ1v) is 3.84. The van der Waals surface area contributed by atoms with E-state index in [4.69, 9.17) is 5.26 Å². The summed E-state index contributed by atoms with van der Waals surface area (Å²) in [6.45, 7) is 4.58. The van der Waals surface area contributed by atoms with Crippen LogP contribution in [0.2, 0.25) is 0 Å². The first-order valence-electron chi connectivity index (χ1n) is 2.93. The van der Waals surface area contributed by atoms with E-state index in [-0.39, 0.29) is 4.95 Å². The molecule has 0 saturated heterocycles. The number of nitrogens with one attached hydrogen (secondary N) is 1. The van der Waals surface area contributed by atoms with E-state index in [2.05, 4.69) is 35.1 Å². The van der Waals surface area contributed by atoms with Gasteiger partial charge in [0, 0.05) is 0 Å². The molecule has 0 fully saturated rings. The van der Waals surface area contributed by atoms with Gasteiger partial charge in [0.2, 0.25) is 0 Å². The fraction of sp³-hybridized carbons (Fsp3) is 0.833. The van der Waals surface area contributed by atoms with E-state index in [1.54, 1.807) is 0 Å². The standard InChI is InChI=1S/C6H11BrN2/c1-5(2)6(7)9-4-3-8/h5-6,9H,4H2,1-2H3/t6-/m1/s1. The van der Waals surface area contributed by atoms with Gasteiger partial charge in [-0.3, -0.25) is 5.32 Å². The molecule has 0 heterocycles. The summed E-state index contributed by atoms with van der Waals surface area (Å²) >= 11 is 3.38. The summed E-state index contributed by atoms with van der Waals surface area (Å²) in [5.74, 6) is 0.526. The molecule has 0 aliphatic carbocycles. The molecule has 0 spiro atoms. The van der Waals surface area contributed by atoms with Crippen LogP contribution in [0.5, 0.6) is 0 Å². The lowest BCUT2D eigenvalue weighted by molar-refractivity contribution is 0.546. The van der Waals surface area contributed by atoms with E-state index in [1.165, 1.54) is 0 Å². The number of hydrogen-bond donors (Lipinski definition) is 1. The summed E-state index contributed by atoms with van der Waals surface area (Å²) in [6, 6.07) is 2.01. The Balaban J connectivity index is 3.29. The minimum absolute atomic E-state index is 0.261. The number of alkyl halides is 1. The molecule has 0 aromatic rings. The third-order valence-corrected chi connectivity index (χ3v) is 2.34. The summed E-state index contributed by atoms with van der Waals surface area (Å²) in [5, 5.41) is 11.2. The van der Waals surface area contributed by atoms with Crippen LogP contribution in [0.1, 0.15) is 13.8 Å². The van der Waals surface area contributed by atoms with E-state index in [0.29, 0.717) is 12.5 Å². The largest absolute Gasteiger partial charge is 0.292 e. The molecule has 0 aliphatic rings. The van der Waals surface area contributed by atoms with Crippen molar-refractivity contribution in [3.05, 3.63) is 0 Å². The molecule has 0 radical (unpaired) electrons. The fourth-order valence-electron chi connectivity index (χ4n) is 0.379. The van der Waals surface area contributed by atoms with Crippen LogP contribution < -0.4 is 5.32 Å². The monoisotopic (exact) mass is 190 g/mol. The van der Waals surface area contributed by atoms with Crippen LogP contribution in [0.4, 0.5) is 0 Å². The van der Waals surface area contributed by atoms with Gasteiger partial charge >= 0.3 is 0 Å². The van der Waals surface area contributed by atoms with Gasteiger partial charge in [0.25, 0.3) is 0 Å². The van der Waals surface area contributed by atoms with Gasteiger partial charge in [-0.15, -0.1) is 0 Å². The van der Waals surface area contributed by atoms with E-state index in [1.807, 2.05) is 6.07 Å². The van der Waals surface area contributed by atoms with Crippen molar-refractivity contribution in [2.45, 2.75) is 18.8 Å². The fourth-order valence-corrected chi connectivity index (χ4v) is 0.541. The topological polar surface area (TPSA) is 35.8 Å². The minimum Gasteiger partial charge on any atom is -0.292 e. The molecule has 0 aliphatic heterocycles. The highest BCUT2D eigenvalue weighted by molar-refractivity contribution is 9.09. The molecule has 0 rings (SSSR count). The lowest BCUT2D eigenvalue weighted by Gasteiger charge is -2.12. The Morgan fingerprint density at radius 3 is 2.56 bits per heavy atom. The van der Waals surface area contributed by atoms with E-state index < -0.39 is 0 Å². The summed E-state index contributed by atoms with van der Waals surface area (Å²) in [4.78, 5) is 0.261. The van der Waals surface area contributed by atoms with Crippen LogP contribution in [0.15, 0.2) is 0 Å². The average Bonchev–Trinajstić information content (AvgIpc) is 1.82. The molecule has 0 bridgehead atoms. The second kappa shape index (κ2) is 4.78. The molecule has 0 aromatic heterocycles. The Bertz CT molecular complexity index is 106. The molecule has 3 heteroatoms. The minimum atomic E-state index is 0.261.